The molecule has 1 N–H and O–H groups in total. The van der Waals surface area contributed by atoms with E-state index in [0.29, 0.717) is 22.6 Å². The second-order valence-electron chi connectivity index (χ2n) is 3.85. The van der Waals surface area contributed by atoms with Crippen molar-refractivity contribution in [2.45, 2.75) is 0 Å². The summed E-state index contributed by atoms with van der Waals surface area (Å²) in [7, 11) is 3.04. The molecule has 0 amide bonds. The normalized spacial score (nSPS) is 10.3. The van der Waals surface area contributed by atoms with E-state index < -0.39 is 5.82 Å². The molecule has 0 atom stereocenters. The minimum atomic E-state index is -0.671. The predicted octanol–water partition coefficient (Wildman–Crippen LogP) is 3.87. The smallest absolute Gasteiger partial charge is 0.145 e. The monoisotopic (exact) mass is 282 g/mol. The standard InChI is InChI=1S/C14H12ClFO3/c1-18-8-3-4-9(14(5-8)19-2)10-6-11(15)12(16)7-13(10)17/h3-7,17H,1-2H3. The summed E-state index contributed by atoms with van der Waals surface area (Å²) in [5.74, 6) is 0.242. The van der Waals surface area contributed by atoms with Gasteiger partial charge in [0.1, 0.15) is 23.1 Å². The van der Waals surface area contributed by atoms with E-state index in [2.05, 4.69) is 0 Å². The topological polar surface area (TPSA) is 38.7 Å². The molecule has 0 spiro atoms. The van der Waals surface area contributed by atoms with Crippen LogP contribution in [-0.2, 0) is 0 Å². The summed E-state index contributed by atoms with van der Waals surface area (Å²) in [6, 6.07) is 7.43. The number of hydrogen-bond donors (Lipinski definition) is 1. The largest absolute Gasteiger partial charge is 0.507 e. The van der Waals surface area contributed by atoms with Crippen LogP contribution in [0.25, 0.3) is 11.1 Å². The van der Waals surface area contributed by atoms with Crippen LogP contribution < -0.4 is 9.47 Å². The van der Waals surface area contributed by atoms with Crippen LogP contribution in [0.2, 0.25) is 5.02 Å². The molecule has 5 heteroatoms. The lowest BCUT2D eigenvalue weighted by molar-refractivity contribution is 0.395. The van der Waals surface area contributed by atoms with Gasteiger partial charge in [-0.15, -0.1) is 0 Å². The number of phenolic OH excluding ortho intramolecular Hbond substituents is 1. The quantitative estimate of drug-likeness (QED) is 0.929. The highest BCUT2D eigenvalue weighted by molar-refractivity contribution is 6.31. The van der Waals surface area contributed by atoms with Gasteiger partial charge >= 0.3 is 0 Å². The molecule has 0 unspecified atom stereocenters. The molecule has 3 nitrogen and oxygen atoms in total. The second-order valence-corrected chi connectivity index (χ2v) is 4.26. The van der Waals surface area contributed by atoms with Gasteiger partial charge in [0.2, 0.25) is 0 Å². The Labute approximate surface area is 115 Å². The fourth-order valence-electron chi connectivity index (χ4n) is 1.77. The van der Waals surface area contributed by atoms with Crippen molar-refractivity contribution in [3.05, 3.63) is 41.2 Å². The fourth-order valence-corrected chi connectivity index (χ4v) is 1.94. The van der Waals surface area contributed by atoms with Crippen LogP contribution in [0.5, 0.6) is 17.2 Å². The number of aromatic hydroxyl groups is 1. The molecule has 0 radical (unpaired) electrons. The van der Waals surface area contributed by atoms with Gasteiger partial charge < -0.3 is 14.6 Å². The molecule has 0 bridgehead atoms. The molecule has 0 fully saturated rings. The highest BCUT2D eigenvalue weighted by atomic mass is 35.5. The Morgan fingerprint density at radius 3 is 2.42 bits per heavy atom. The Bertz CT molecular complexity index is 614. The summed E-state index contributed by atoms with van der Waals surface area (Å²) >= 11 is 5.74. The van der Waals surface area contributed by atoms with Crippen molar-refractivity contribution in [1.29, 1.82) is 0 Å². The van der Waals surface area contributed by atoms with Gasteiger partial charge in [-0.05, 0) is 18.2 Å². The lowest BCUT2D eigenvalue weighted by Crippen LogP contribution is -1.91. The van der Waals surface area contributed by atoms with Crippen LogP contribution in [0, 0.1) is 5.82 Å². The molecule has 2 aromatic carbocycles. The highest BCUT2D eigenvalue weighted by Gasteiger charge is 2.14. The molecule has 0 aliphatic heterocycles. The van der Waals surface area contributed by atoms with E-state index in [1.807, 2.05) is 0 Å². The summed E-state index contributed by atoms with van der Waals surface area (Å²) in [6.07, 6.45) is 0. The number of rotatable bonds is 3. The molecule has 2 rings (SSSR count). The first-order valence-electron chi connectivity index (χ1n) is 5.47. The average molecular weight is 283 g/mol. The van der Waals surface area contributed by atoms with Crippen molar-refractivity contribution < 1.29 is 19.0 Å². The van der Waals surface area contributed by atoms with Gasteiger partial charge in [0.05, 0.1) is 19.2 Å². The number of hydrogen-bond acceptors (Lipinski definition) is 3. The highest BCUT2D eigenvalue weighted by Crippen LogP contribution is 2.39. The van der Waals surface area contributed by atoms with Crippen LogP contribution in [0.15, 0.2) is 30.3 Å². The third kappa shape index (κ3) is 2.58. The first-order valence-corrected chi connectivity index (χ1v) is 5.85. The Hall–Kier alpha value is -1.94. The summed E-state index contributed by atoms with van der Waals surface area (Å²) in [4.78, 5) is 0. The number of halogens is 2. The van der Waals surface area contributed by atoms with E-state index in [-0.39, 0.29) is 10.8 Å². The van der Waals surface area contributed by atoms with Crippen LogP contribution in [0.3, 0.4) is 0 Å². The Morgan fingerprint density at radius 2 is 1.79 bits per heavy atom. The van der Waals surface area contributed by atoms with E-state index in [0.717, 1.165) is 6.07 Å². The van der Waals surface area contributed by atoms with Gasteiger partial charge in [-0.1, -0.05) is 11.6 Å². The number of methoxy groups -OCH3 is 2. The zero-order valence-electron chi connectivity index (χ0n) is 10.4. The van der Waals surface area contributed by atoms with Crippen molar-refractivity contribution >= 4 is 11.6 Å². The maximum atomic E-state index is 13.2. The molecule has 0 saturated carbocycles. The number of ether oxygens (including phenoxy) is 2. The van der Waals surface area contributed by atoms with Gasteiger partial charge in [-0.2, -0.15) is 0 Å². The van der Waals surface area contributed by atoms with E-state index in [9.17, 15) is 9.50 Å². The maximum absolute atomic E-state index is 13.2. The molecule has 2 aromatic rings. The Balaban J connectivity index is 2.61. The lowest BCUT2D eigenvalue weighted by atomic mass is 10.0. The minimum Gasteiger partial charge on any atom is -0.507 e. The summed E-state index contributed by atoms with van der Waals surface area (Å²) in [5, 5.41) is 9.77. The summed E-state index contributed by atoms with van der Waals surface area (Å²) in [5.41, 5.74) is 0.994. The zero-order valence-corrected chi connectivity index (χ0v) is 11.2. The van der Waals surface area contributed by atoms with E-state index in [4.69, 9.17) is 21.1 Å². The summed E-state index contributed by atoms with van der Waals surface area (Å²) < 4.78 is 23.6. The molecule has 100 valence electrons. The molecule has 19 heavy (non-hydrogen) atoms. The lowest BCUT2D eigenvalue weighted by Gasteiger charge is -2.12. The molecule has 0 heterocycles. The SMILES string of the molecule is COc1ccc(-c2cc(Cl)c(F)cc2O)c(OC)c1. The van der Waals surface area contributed by atoms with Crippen molar-refractivity contribution in [1.82, 2.24) is 0 Å². The molecular formula is C14H12ClFO3. The fraction of sp³-hybridized carbons (Fsp3) is 0.143. The summed E-state index contributed by atoms with van der Waals surface area (Å²) in [6.45, 7) is 0. The number of phenols is 1. The third-order valence-corrected chi connectivity index (χ3v) is 3.03. The van der Waals surface area contributed by atoms with E-state index >= 15 is 0 Å². The van der Waals surface area contributed by atoms with E-state index in [1.54, 1.807) is 25.3 Å². The number of benzene rings is 2. The van der Waals surface area contributed by atoms with Gasteiger partial charge in [0, 0.05) is 23.3 Å². The first kappa shape index (κ1) is 13.5. The van der Waals surface area contributed by atoms with Crippen LogP contribution in [-0.4, -0.2) is 19.3 Å². The molecular weight excluding hydrogens is 271 g/mol. The van der Waals surface area contributed by atoms with Crippen molar-refractivity contribution in [3.63, 3.8) is 0 Å². The molecule has 0 aliphatic rings. The second kappa shape index (κ2) is 5.36. The predicted molar refractivity (Wildman–Crippen MR) is 71.6 cm³/mol. The van der Waals surface area contributed by atoms with Gasteiger partial charge in [-0.25, -0.2) is 4.39 Å². The molecule has 0 saturated heterocycles. The molecule has 0 aliphatic carbocycles. The molecule has 0 aromatic heterocycles. The average Bonchev–Trinajstić information content (AvgIpc) is 2.42. The van der Waals surface area contributed by atoms with Crippen molar-refractivity contribution in [2.24, 2.45) is 0 Å². The zero-order chi connectivity index (χ0) is 14.0. The third-order valence-electron chi connectivity index (χ3n) is 2.74. The Kier molecular flexibility index (Phi) is 3.81. The van der Waals surface area contributed by atoms with Gasteiger partial charge in [0.25, 0.3) is 0 Å². The Morgan fingerprint density at radius 1 is 1.05 bits per heavy atom. The minimum absolute atomic E-state index is 0.0642. The van der Waals surface area contributed by atoms with Crippen molar-refractivity contribution in [2.75, 3.05) is 14.2 Å². The maximum Gasteiger partial charge on any atom is 0.145 e. The van der Waals surface area contributed by atoms with Gasteiger partial charge in [0.15, 0.2) is 0 Å². The van der Waals surface area contributed by atoms with Gasteiger partial charge in [-0.3, -0.25) is 0 Å². The van der Waals surface area contributed by atoms with Crippen LogP contribution in [0.1, 0.15) is 0 Å². The van der Waals surface area contributed by atoms with Crippen LogP contribution in [0.4, 0.5) is 4.39 Å². The van der Waals surface area contributed by atoms with E-state index in [1.165, 1.54) is 13.2 Å². The van der Waals surface area contributed by atoms with Crippen LogP contribution >= 0.6 is 11.6 Å². The van der Waals surface area contributed by atoms with Crippen molar-refractivity contribution in [3.8, 4) is 28.4 Å². The first-order chi connectivity index (χ1) is 9.06.